The molecule has 5 nitrogen and oxygen atoms in total. The number of nitriles is 1. The van der Waals surface area contributed by atoms with Gasteiger partial charge in [-0.2, -0.15) is 5.26 Å². The molecule has 1 aromatic carbocycles. The molecule has 0 saturated carbocycles. The lowest BCUT2D eigenvalue weighted by Crippen LogP contribution is -1.95. The van der Waals surface area contributed by atoms with Crippen LogP contribution in [0.5, 0.6) is 0 Å². The van der Waals surface area contributed by atoms with Crippen LogP contribution in [0.25, 0.3) is 10.9 Å². The summed E-state index contributed by atoms with van der Waals surface area (Å²) in [5.74, 6) is 0. The topological polar surface area (TPSA) is 82.7 Å². The van der Waals surface area contributed by atoms with Crippen molar-refractivity contribution >= 4 is 16.6 Å². The predicted octanol–water partition coefficient (Wildman–Crippen LogP) is 2.14. The molecule has 0 amide bonds. The number of benzene rings is 1. The lowest BCUT2D eigenvalue weighted by molar-refractivity contribution is -0.385. The number of nitro benzene ring substituents is 1. The van der Waals surface area contributed by atoms with Crippen molar-refractivity contribution in [1.29, 1.82) is 5.26 Å². The summed E-state index contributed by atoms with van der Waals surface area (Å²) in [6.45, 7) is 0. The van der Waals surface area contributed by atoms with Gasteiger partial charge in [0.25, 0.3) is 5.69 Å². The third-order valence-corrected chi connectivity index (χ3v) is 2.27. The zero-order valence-corrected chi connectivity index (χ0v) is 7.73. The Kier molecular flexibility index (Phi) is 2.10. The van der Waals surface area contributed by atoms with Crippen molar-refractivity contribution in [1.82, 2.24) is 4.98 Å². The van der Waals surface area contributed by atoms with E-state index in [0.717, 1.165) is 10.9 Å². The van der Waals surface area contributed by atoms with E-state index in [4.69, 9.17) is 5.26 Å². The lowest BCUT2D eigenvalue weighted by Gasteiger charge is -1.99. The summed E-state index contributed by atoms with van der Waals surface area (Å²) in [5, 5.41) is 20.1. The molecule has 15 heavy (non-hydrogen) atoms. The quantitative estimate of drug-likeness (QED) is 0.596. The number of fused-ring (bicyclic) bond motifs is 1. The minimum atomic E-state index is -0.459. The number of nitrogens with zero attached hydrogens (tertiary/aromatic N) is 2. The van der Waals surface area contributed by atoms with Gasteiger partial charge in [0.2, 0.25) is 0 Å². The maximum atomic E-state index is 10.7. The number of nitro groups is 1. The van der Waals surface area contributed by atoms with Crippen molar-refractivity contribution < 1.29 is 4.92 Å². The Morgan fingerprint density at radius 3 is 2.93 bits per heavy atom. The molecule has 5 heteroatoms. The largest absolute Gasteiger partial charge is 0.361 e. The molecule has 1 aromatic heterocycles. The van der Waals surface area contributed by atoms with Gasteiger partial charge >= 0.3 is 0 Å². The number of nitrogens with one attached hydrogen (secondary N) is 1. The van der Waals surface area contributed by atoms with Crippen LogP contribution in [0.4, 0.5) is 5.69 Å². The van der Waals surface area contributed by atoms with E-state index in [9.17, 15) is 10.1 Å². The van der Waals surface area contributed by atoms with Crippen LogP contribution in [0, 0.1) is 21.4 Å². The van der Waals surface area contributed by atoms with Gasteiger partial charge in [-0.25, -0.2) is 0 Å². The molecule has 0 radical (unpaired) electrons. The highest BCUT2D eigenvalue weighted by Gasteiger charge is 2.16. The molecule has 0 atom stereocenters. The highest BCUT2D eigenvalue weighted by molar-refractivity contribution is 5.86. The van der Waals surface area contributed by atoms with Crippen molar-refractivity contribution in [2.24, 2.45) is 0 Å². The van der Waals surface area contributed by atoms with E-state index >= 15 is 0 Å². The van der Waals surface area contributed by atoms with Gasteiger partial charge in [0.05, 0.1) is 23.0 Å². The molecular formula is C10H7N3O2. The second kappa shape index (κ2) is 3.42. The SMILES string of the molecule is N#CCc1c([N+](=O)[O-])ccc2[nH]ccc12. The van der Waals surface area contributed by atoms with Crippen LogP contribution in [-0.2, 0) is 6.42 Å². The Morgan fingerprint density at radius 1 is 1.47 bits per heavy atom. The van der Waals surface area contributed by atoms with Gasteiger partial charge in [-0.05, 0) is 12.1 Å². The normalized spacial score (nSPS) is 10.1. The Bertz CT molecular complexity index is 566. The van der Waals surface area contributed by atoms with Crippen LogP contribution in [0.1, 0.15) is 5.56 Å². The summed E-state index contributed by atoms with van der Waals surface area (Å²) in [7, 11) is 0. The van der Waals surface area contributed by atoms with Crippen molar-refractivity contribution in [3.05, 3.63) is 40.1 Å². The van der Waals surface area contributed by atoms with Crippen LogP contribution in [-0.4, -0.2) is 9.91 Å². The summed E-state index contributed by atoms with van der Waals surface area (Å²) in [4.78, 5) is 13.2. The average molecular weight is 201 g/mol. The maximum Gasteiger partial charge on any atom is 0.274 e. The van der Waals surface area contributed by atoms with E-state index in [1.165, 1.54) is 6.07 Å². The molecule has 0 spiro atoms. The van der Waals surface area contributed by atoms with Crippen molar-refractivity contribution in [2.45, 2.75) is 6.42 Å². The van der Waals surface area contributed by atoms with Crippen molar-refractivity contribution in [3.63, 3.8) is 0 Å². The second-order valence-electron chi connectivity index (χ2n) is 3.09. The van der Waals surface area contributed by atoms with E-state index in [2.05, 4.69) is 4.98 Å². The Hall–Kier alpha value is -2.35. The molecule has 2 rings (SSSR count). The highest BCUT2D eigenvalue weighted by Crippen LogP contribution is 2.27. The third kappa shape index (κ3) is 1.42. The average Bonchev–Trinajstić information content (AvgIpc) is 2.66. The molecule has 0 unspecified atom stereocenters. The fraction of sp³-hybridized carbons (Fsp3) is 0.100. The fourth-order valence-corrected chi connectivity index (χ4v) is 1.62. The van der Waals surface area contributed by atoms with Crippen LogP contribution in [0.3, 0.4) is 0 Å². The highest BCUT2D eigenvalue weighted by atomic mass is 16.6. The van der Waals surface area contributed by atoms with Crippen LogP contribution < -0.4 is 0 Å². The van der Waals surface area contributed by atoms with Gasteiger partial charge in [0, 0.05) is 23.2 Å². The molecule has 0 saturated heterocycles. The molecule has 0 bridgehead atoms. The number of rotatable bonds is 2. The Morgan fingerprint density at radius 2 is 2.27 bits per heavy atom. The number of aromatic amines is 1. The lowest BCUT2D eigenvalue weighted by atomic mass is 10.1. The number of hydrogen-bond acceptors (Lipinski definition) is 3. The van der Waals surface area contributed by atoms with Crippen LogP contribution in [0.2, 0.25) is 0 Å². The van der Waals surface area contributed by atoms with Crippen molar-refractivity contribution in [3.8, 4) is 6.07 Å². The van der Waals surface area contributed by atoms with Gasteiger partial charge < -0.3 is 4.98 Å². The molecular weight excluding hydrogens is 194 g/mol. The van der Waals surface area contributed by atoms with Gasteiger partial charge in [-0.3, -0.25) is 10.1 Å². The van der Waals surface area contributed by atoms with E-state index in [0.29, 0.717) is 5.56 Å². The van der Waals surface area contributed by atoms with Gasteiger partial charge in [-0.1, -0.05) is 0 Å². The van der Waals surface area contributed by atoms with E-state index in [-0.39, 0.29) is 12.1 Å². The first kappa shape index (κ1) is 9.21. The fourth-order valence-electron chi connectivity index (χ4n) is 1.62. The maximum absolute atomic E-state index is 10.7. The third-order valence-electron chi connectivity index (χ3n) is 2.27. The molecule has 2 aromatic rings. The predicted molar refractivity (Wildman–Crippen MR) is 54.3 cm³/mol. The van der Waals surface area contributed by atoms with E-state index < -0.39 is 4.92 Å². The van der Waals surface area contributed by atoms with Crippen LogP contribution >= 0.6 is 0 Å². The molecule has 0 aliphatic heterocycles. The van der Waals surface area contributed by atoms with E-state index in [1.807, 2.05) is 6.07 Å². The van der Waals surface area contributed by atoms with E-state index in [1.54, 1.807) is 18.3 Å². The summed E-state index contributed by atoms with van der Waals surface area (Å²) < 4.78 is 0. The first-order valence-electron chi connectivity index (χ1n) is 4.34. The Balaban J connectivity index is 2.76. The summed E-state index contributed by atoms with van der Waals surface area (Å²) in [5.41, 5.74) is 1.29. The van der Waals surface area contributed by atoms with Gasteiger partial charge in [0.1, 0.15) is 0 Å². The molecule has 0 aliphatic rings. The summed E-state index contributed by atoms with van der Waals surface area (Å²) in [6, 6.07) is 6.76. The van der Waals surface area contributed by atoms with Crippen LogP contribution in [0.15, 0.2) is 24.4 Å². The van der Waals surface area contributed by atoms with Crippen molar-refractivity contribution in [2.75, 3.05) is 0 Å². The number of hydrogen-bond donors (Lipinski definition) is 1. The standard InChI is InChI=1S/C10H7N3O2/c11-5-3-8-7-4-6-12-9(7)1-2-10(8)13(14)15/h1-2,4,6,12H,3H2. The van der Waals surface area contributed by atoms with Gasteiger partial charge in [-0.15, -0.1) is 0 Å². The smallest absolute Gasteiger partial charge is 0.274 e. The molecule has 0 aliphatic carbocycles. The minimum absolute atomic E-state index is 0.00338. The summed E-state index contributed by atoms with van der Waals surface area (Å²) >= 11 is 0. The number of H-pyrrole nitrogens is 1. The molecule has 1 heterocycles. The minimum Gasteiger partial charge on any atom is -0.361 e. The zero-order chi connectivity index (χ0) is 10.8. The molecule has 0 fully saturated rings. The zero-order valence-electron chi connectivity index (χ0n) is 7.73. The first-order chi connectivity index (χ1) is 7.24. The monoisotopic (exact) mass is 201 g/mol. The molecule has 74 valence electrons. The first-order valence-corrected chi connectivity index (χ1v) is 4.34. The summed E-state index contributed by atoms with van der Waals surface area (Å²) in [6.07, 6.45) is 1.75. The van der Waals surface area contributed by atoms with Gasteiger partial charge in [0.15, 0.2) is 0 Å². The Labute approximate surface area is 85.1 Å². The second-order valence-corrected chi connectivity index (χ2v) is 3.09. The molecule has 1 N–H and O–H groups in total. The number of aromatic nitrogens is 1.